The second-order valence-corrected chi connectivity index (χ2v) is 7.82. The van der Waals surface area contributed by atoms with Crippen LogP contribution in [0.1, 0.15) is 24.8 Å². The van der Waals surface area contributed by atoms with Crippen LogP contribution in [0.25, 0.3) is 0 Å². The molecule has 27 heavy (non-hydrogen) atoms. The van der Waals surface area contributed by atoms with Gasteiger partial charge >= 0.3 is 0 Å². The molecule has 0 aromatic heterocycles. The van der Waals surface area contributed by atoms with Gasteiger partial charge in [-0.2, -0.15) is 0 Å². The lowest BCUT2D eigenvalue weighted by atomic mass is 10.1. The third-order valence-corrected chi connectivity index (χ3v) is 5.75. The van der Waals surface area contributed by atoms with E-state index in [1.807, 2.05) is 35.2 Å². The molecule has 5 heteroatoms. The van der Waals surface area contributed by atoms with Crippen LogP contribution in [-0.4, -0.2) is 43.5 Å². The molecule has 0 radical (unpaired) electrons. The first-order chi connectivity index (χ1) is 13.2. The van der Waals surface area contributed by atoms with Crippen molar-refractivity contribution >= 4 is 28.9 Å². The molecule has 2 aliphatic rings. The van der Waals surface area contributed by atoms with Crippen LogP contribution in [0, 0.1) is 0 Å². The number of fused-ring (bicyclic) bond motifs is 1. The highest BCUT2D eigenvalue weighted by Gasteiger charge is 2.27. The topological polar surface area (TPSA) is 26.8 Å². The van der Waals surface area contributed by atoms with Crippen molar-refractivity contribution in [1.82, 2.24) is 4.90 Å². The third-order valence-electron chi connectivity index (χ3n) is 5.51. The zero-order valence-corrected chi connectivity index (χ0v) is 16.4. The van der Waals surface area contributed by atoms with Gasteiger partial charge in [0.15, 0.2) is 0 Å². The Bertz CT molecular complexity index is 804. The van der Waals surface area contributed by atoms with Gasteiger partial charge in [-0.05, 0) is 55.8 Å². The summed E-state index contributed by atoms with van der Waals surface area (Å²) in [6, 6.07) is 16.2. The molecule has 4 rings (SSSR count). The lowest BCUT2D eigenvalue weighted by Gasteiger charge is -2.38. The van der Waals surface area contributed by atoms with E-state index in [2.05, 4.69) is 28.0 Å². The minimum atomic E-state index is 0.233. The Morgan fingerprint density at radius 1 is 0.926 bits per heavy atom. The SMILES string of the molecule is O=C(CCN1CCCC1)N1CCN(Cc2cccc(Cl)c2)c2ccccc21. The Balaban J connectivity index is 1.48. The quantitative estimate of drug-likeness (QED) is 0.774. The Labute approximate surface area is 166 Å². The number of halogens is 1. The van der Waals surface area contributed by atoms with Crippen molar-refractivity contribution in [2.24, 2.45) is 0 Å². The fraction of sp³-hybridized carbons (Fsp3) is 0.409. The van der Waals surface area contributed by atoms with E-state index in [1.165, 1.54) is 18.4 Å². The molecule has 0 saturated carbocycles. The normalized spacial score (nSPS) is 17.2. The number of benzene rings is 2. The predicted molar refractivity (Wildman–Crippen MR) is 112 cm³/mol. The summed E-state index contributed by atoms with van der Waals surface area (Å²) in [5.74, 6) is 0.233. The number of hydrogen-bond donors (Lipinski definition) is 0. The van der Waals surface area contributed by atoms with Gasteiger partial charge in [-0.3, -0.25) is 4.79 Å². The summed E-state index contributed by atoms with van der Waals surface area (Å²) in [5.41, 5.74) is 3.33. The average Bonchev–Trinajstić information content (AvgIpc) is 3.20. The summed E-state index contributed by atoms with van der Waals surface area (Å²) in [4.78, 5) is 19.6. The molecule has 0 unspecified atom stereocenters. The van der Waals surface area contributed by atoms with Crippen LogP contribution in [0.2, 0.25) is 5.02 Å². The number of rotatable bonds is 5. The maximum Gasteiger partial charge on any atom is 0.228 e. The molecule has 0 bridgehead atoms. The van der Waals surface area contributed by atoms with E-state index in [1.54, 1.807) is 0 Å². The lowest BCUT2D eigenvalue weighted by Crippen LogP contribution is -2.44. The molecule has 1 amide bonds. The van der Waals surface area contributed by atoms with Gasteiger partial charge in [0.1, 0.15) is 0 Å². The predicted octanol–water partition coefficient (Wildman–Crippen LogP) is 4.18. The van der Waals surface area contributed by atoms with E-state index < -0.39 is 0 Å². The maximum absolute atomic E-state index is 12.9. The second-order valence-electron chi connectivity index (χ2n) is 7.38. The molecule has 2 aromatic carbocycles. The van der Waals surface area contributed by atoms with E-state index in [4.69, 9.17) is 11.6 Å². The van der Waals surface area contributed by atoms with Gasteiger partial charge in [0.2, 0.25) is 5.91 Å². The van der Waals surface area contributed by atoms with E-state index >= 15 is 0 Å². The number of carbonyl (C=O) groups excluding carboxylic acids is 1. The van der Waals surface area contributed by atoms with Crippen LogP contribution in [0.5, 0.6) is 0 Å². The molecule has 142 valence electrons. The van der Waals surface area contributed by atoms with E-state index in [0.29, 0.717) is 6.42 Å². The summed E-state index contributed by atoms with van der Waals surface area (Å²) in [6.07, 6.45) is 3.13. The van der Waals surface area contributed by atoms with E-state index in [-0.39, 0.29) is 5.91 Å². The Morgan fingerprint density at radius 3 is 2.48 bits per heavy atom. The van der Waals surface area contributed by atoms with Crippen molar-refractivity contribution in [2.45, 2.75) is 25.8 Å². The van der Waals surface area contributed by atoms with Crippen LogP contribution in [0.4, 0.5) is 11.4 Å². The number of carbonyl (C=O) groups is 1. The van der Waals surface area contributed by atoms with Crippen molar-refractivity contribution in [2.75, 3.05) is 42.5 Å². The Morgan fingerprint density at radius 2 is 1.70 bits per heavy atom. The number of amides is 1. The first-order valence-electron chi connectivity index (χ1n) is 9.82. The number of hydrogen-bond acceptors (Lipinski definition) is 3. The molecular weight excluding hydrogens is 358 g/mol. The number of nitrogens with zero attached hydrogens (tertiary/aromatic N) is 3. The summed E-state index contributed by atoms with van der Waals surface area (Å²) >= 11 is 6.14. The minimum Gasteiger partial charge on any atom is -0.364 e. The number of anilines is 2. The standard InChI is InChI=1S/C22H26ClN3O/c23-19-7-5-6-18(16-19)17-25-14-15-26(21-9-2-1-8-20(21)25)22(27)10-13-24-11-3-4-12-24/h1-2,5-9,16H,3-4,10-15,17H2. The van der Waals surface area contributed by atoms with Gasteiger partial charge in [-0.25, -0.2) is 0 Å². The first kappa shape index (κ1) is 18.3. The number of likely N-dealkylation sites (tertiary alicyclic amines) is 1. The molecule has 0 aliphatic carbocycles. The van der Waals surface area contributed by atoms with Crippen LogP contribution in [0.3, 0.4) is 0 Å². The van der Waals surface area contributed by atoms with Crippen molar-refractivity contribution in [3.8, 4) is 0 Å². The van der Waals surface area contributed by atoms with Gasteiger partial charge in [0, 0.05) is 37.6 Å². The molecule has 1 saturated heterocycles. The van der Waals surface area contributed by atoms with Crippen molar-refractivity contribution in [3.05, 3.63) is 59.1 Å². The summed E-state index contributed by atoms with van der Waals surface area (Å²) in [6.45, 7) is 5.51. The minimum absolute atomic E-state index is 0.233. The summed E-state index contributed by atoms with van der Waals surface area (Å²) in [7, 11) is 0. The highest BCUT2D eigenvalue weighted by molar-refractivity contribution is 6.30. The molecule has 0 atom stereocenters. The smallest absolute Gasteiger partial charge is 0.228 e. The molecule has 2 aliphatic heterocycles. The lowest BCUT2D eigenvalue weighted by molar-refractivity contribution is -0.118. The first-order valence-corrected chi connectivity index (χ1v) is 10.2. The molecule has 2 heterocycles. The summed E-state index contributed by atoms with van der Waals surface area (Å²) < 4.78 is 0. The Hall–Kier alpha value is -2.04. The van der Waals surface area contributed by atoms with Gasteiger partial charge in [0.25, 0.3) is 0 Å². The van der Waals surface area contributed by atoms with Gasteiger partial charge in [-0.15, -0.1) is 0 Å². The largest absolute Gasteiger partial charge is 0.364 e. The van der Waals surface area contributed by atoms with Crippen LogP contribution >= 0.6 is 11.6 Å². The third kappa shape index (κ3) is 4.28. The molecule has 0 N–H and O–H groups in total. The molecule has 4 nitrogen and oxygen atoms in total. The number of para-hydroxylation sites is 2. The van der Waals surface area contributed by atoms with Crippen molar-refractivity contribution in [1.29, 1.82) is 0 Å². The molecule has 1 fully saturated rings. The average molecular weight is 384 g/mol. The highest BCUT2D eigenvalue weighted by atomic mass is 35.5. The van der Waals surface area contributed by atoms with Crippen molar-refractivity contribution in [3.63, 3.8) is 0 Å². The second kappa shape index (κ2) is 8.32. The highest BCUT2D eigenvalue weighted by Crippen LogP contribution is 2.34. The van der Waals surface area contributed by atoms with E-state index in [9.17, 15) is 4.79 Å². The fourth-order valence-corrected chi connectivity index (χ4v) is 4.31. The monoisotopic (exact) mass is 383 g/mol. The fourth-order valence-electron chi connectivity index (χ4n) is 4.10. The van der Waals surface area contributed by atoms with Crippen LogP contribution in [0.15, 0.2) is 48.5 Å². The zero-order valence-electron chi connectivity index (χ0n) is 15.6. The molecule has 0 spiro atoms. The van der Waals surface area contributed by atoms with Crippen LogP contribution in [-0.2, 0) is 11.3 Å². The maximum atomic E-state index is 12.9. The van der Waals surface area contributed by atoms with Gasteiger partial charge in [0.05, 0.1) is 11.4 Å². The zero-order chi connectivity index (χ0) is 18.6. The Kier molecular flexibility index (Phi) is 5.65. The van der Waals surface area contributed by atoms with Crippen LogP contribution < -0.4 is 9.80 Å². The van der Waals surface area contributed by atoms with Gasteiger partial charge in [-0.1, -0.05) is 35.9 Å². The van der Waals surface area contributed by atoms with E-state index in [0.717, 1.165) is 55.7 Å². The summed E-state index contributed by atoms with van der Waals surface area (Å²) in [5, 5.41) is 0.761. The van der Waals surface area contributed by atoms with Gasteiger partial charge < -0.3 is 14.7 Å². The molecule has 2 aromatic rings. The molecular formula is C22H26ClN3O. The van der Waals surface area contributed by atoms with Crippen molar-refractivity contribution < 1.29 is 4.79 Å².